The first-order valence-electron chi connectivity index (χ1n) is 4.87. The molecule has 0 saturated carbocycles. The molecule has 0 N–H and O–H groups in total. The Morgan fingerprint density at radius 3 is 2.56 bits per heavy atom. The van der Waals surface area contributed by atoms with Gasteiger partial charge in [-0.25, -0.2) is 0 Å². The summed E-state index contributed by atoms with van der Waals surface area (Å²) in [5, 5.41) is 8.83. The molecule has 80 valence electrons. The van der Waals surface area contributed by atoms with Crippen LogP contribution in [0.4, 0.5) is 5.69 Å². The van der Waals surface area contributed by atoms with Gasteiger partial charge in [-0.3, -0.25) is 4.98 Å². The molecule has 3 nitrogen and oxygen atoms in total. The Hall–Kier alpha value is -1.74. The molecule has 0 saturated heterocycles. The maximum atomic E-state index is 5.76. The average Bonchev–Trinajstić information content (AvgIpc) is 2.33. The van der Waals surface area contributed by atoms with E-state index in [-0.39, 0.29) is 0 Å². The monoisotopic (exact) mass is 231 g/mol. The first-order valence-corrected chi connectivity index (χ1v) is 5.25. The highest BCUT2D eigenvalue weighted by Gasteiger charge is 1.91. The topological polar surface area (TPSA) is 37.6 Å². The number of hydrogen-bond donors (Lipinski definition) is 0. The zero-order chi connectivity index (χ0) is 11.2. The number of hydrogen-bond acceptors (Lipinski definition) is 3. The minimum absolute atomic E-state index is 0.490. The third-order valence-electron chi connectivity index (χ3n) is 1.97. The van der Waals surface area contributed by atoms with E-state index in [0.717, 1.165) is 11.4 Å². The highest BCUT2D eigenvalue weighted by molar-refractivity contribution is 6.30. The largest absolute Gasteiger partial charge is 0.259 e. The molecular formula is C12H10ClN3. The number of nitrogens with zero attached hydrogens (tertiary/aromatic N) is 3. The van der Waals surface area contributed by atoms with Gasteiger partial charge in [-0.05, 0) is 36.4 Å². The first kappa shape index (κ1) is 10.8. The molecule has 0 atom stereocenters. The number of rotatable bonds is 3. The predicted octanol–water partition coefficient (Wildman–Crippen LogP) is 4.02. The molecule has 1 heterocycles. The molecule has 0 bridgehead atoms. The van der Waals surface area contributed by atoms with Crippen molar-refractivity contribution in [2.24, 2.45) is 10.2 Å². The van der Waals surface area contributed by atoms with E-state index in [1.165, 1.54) is 0 Å². The Morgan fingerprint density at radius 2 is 1.88 bits per heavy atom. The van der Waals surface area contributed by atoms with Gasteiger partial charge >= 0.3 is 0 Å². The number of aromatic nitrogens is 1. The summed E-state index contributed by atoms with van der Waals surface area (Å²) in [6.07, 6.45) is 1.74. The Morgan fingerprint density at radius 1 is 1.06 bits per heavy atom. The molecule has 1 aromatic carbocycles. The summed E-state index contributed by atoms with van der Waals surface area (Å²) < 4.78 is 0. The number of benzene rings is 1. The number of pyridine rings is 1. The van der Waals surface area contributed by atoms with Gasteiger partial charge in [-0.1, -0.05) is 17.7 Å². The van der Waals surface area contributed by atoms with Crippen molar-refractivity contribution < 1.29 is 0 Å². The summed E-state index contributed by atoms with van der Waals surface area (Å²) in [5.41, 5.74) is 1.69. The van der Waals surface area contributed by atoms with Crippen LogP contribution in [0, 0.1) is 0 Å². The van der Waals surface area contributed by atoms with E-state index in [1.807, 2.05) is 30.3 Å². The molecule has 2 aromatic rings. The summed E-state index contributed by atoms with van der Waals surface area (Å²) in [6, 6.07) is 12.9. The van der Waals surface area contributed by atoms with Crippen LogP contribution in [0.15, 0.2) is 58.9 Å². The molecule has 4 heteroatoms. The van der Waals surface area contributed by atoms with Crippen LogP contribution >= 0.6 is 11.6 Å². The average molecular weight is 232 g/mol. The van der Waals surface area contributed by atoms with Gasteiger partial charge in [-0.2, -0.15) is 10.2 Å². The van der Waals surface area contributed by atoms with E-state index in [2.05, 4.69) is 15.2 Å². The van der Waals surface area contributed by atoms with Crippen LogP contribution in [0.2, 0.25) is 5.02 Å². The summed E-state index contributed by atoms with van der Waals surface area (Å²) in [4.78, 5) is 4.15. The SMILES string of the molecule is Clc1ccc(N=NCc2ccccn2)cc1. The van der Waals surface area contributed by atoms with Gasteiger partial charge in [0.05, 0.1) is 11.4 Å². The van der Waals surface area contributed by atoms with Gasteiger partial charge in [0.25, 0.3) is 0 Å². The molecule has 1 aromatic heterocycles. The van der Waals surface area contributed by atoms with E-state index < -0.39 is 0 Å². The van der Waals surface area contributed by atoms with Crippen LogP contribution in [-0.4, -0.2) is 4.98 Å². The Bertz CT molecular complexity index is 465. The van der Waals surface area contributed by atoms with Gasteiger partial charge in [0.2, 0.25) is 0 Å². The third-order valence-corrected chi connectivity index (χ3v) is 2.22. The van der Waals surface area contributed by atoms with Crippen LogP contribution in [-0.2, 0) is 6.54 Å². The minimum Gasteiger partial charge on any atom is -0.259 e. The zero-order valence-electron chi connectivity index (χ0n) is 8.55. The second kappa shape index (κ2) is 5.37. The Kier molecular flexibility index (Phi) is 3.62. The second-order valence-electron chi connectivity index (χ2n) is 3.20. The Labute approximate surface area is 98.8 Å². The van der Waals surface area contributed by atoms with Crippen molar-refractivity contribution in [2.45, 2.75) is 6.54 Å². The molecule has 0 amide bonds. The van der Waals surface area contributed by atoms with Crippen molar-refractivity contribution in [2.75, 3.05) is 0 Å². The Balaban J connectivity index is 1.98. The lowest BCUT2D eigenvalue weighted by Crippen LogP contribution is -1.83. The zero-order valence-corrected chi connectivity index (χ0v) is 9.30. The summed E-state index contributed by atoms with van der Waals surface area (Å²) >= 11 is 5.76. The van der Waals surface area contributed by atoms with E-state index in [1.54, 1.807) is 18.3 Å². The van der Waals surface area contributed by atoms with Crippen LogP contribution < -0.4 is 0 Å². The van der Waals surface area contributed by atoms with Crippen molar-refractivity contribution >= 4 is 17.3 Å². The first-order chi connectivity index (χ1) is 7.84. The molecule has 0 fully saturated rings. The lowest BCUT2D eigenvalue weighted by Gasteiger charge is -1.94. The smallest absolute Gasteiger partial charge is 0.102 e. The highest BCUT2D eigenvalue weighted by Crippen LogP contribution is 2.16. The number of azo groups is 1. The maximum Gasteiger partial charge on any atom is 0.102 e. The van der Waals surface area contributed by atoms with Gasteiger partial charge in [0, 0.05) is 11.2 Å². The molecule has 0 aliphatic heterocycles. The quantitative estimate of drug-likeness (QED) is 0.735. The normalized spacial score (nSPS) is 10.8. The van der Waals surface area contributed by atoms with Gasteiger partial charge < -0.3 is 0 Å². The number of halogens is 1. The van der Waals surface area contributed by atoms with Crippen LogP contribution in [0.1, 0.15) is 5.69 Å². The fraction of sp³-hybridized carbons (Fsp3) is 0.0833. The van der Waals surface area contributed by atoms with Crippen molar-refractivity contribution in [1.29, 1.82) is 0 Å². The fourth-order valence-corrected chi connectivity index (χ4v) is 1.31. The molecule has 0 aliphatic carbocycles. The molecule has 2 rings (SSSR count). The molecule has 0 unspecified atom stereocenters. The molecular weight excluding hydrogens is 222 g/mol. The summed E-state index contributed by atoms with van der Waals surface area (Å²) in [6.45, 7) is 0.490. The lowest BCUT2D eigenvalue weighted by molar-refractivity contribution is 0.915. The van der Waals surface area contributed by atoms with Gasteiger partial charge in [0.15, 0.2) is 0 Å². The lowest BCUT2D eigenvalue weighted by atomic mass is 10.3. The fourth-order valence-electron chi connectivity index (χ4n) is 1.19. The second-order valence-corrected chi connectivity index (χ2v) is 3.63. The van der Waals surface area contributed by atoms with Gasteiger partial charge in [-0.15, -0.1) is 0 Å². The van der Waals surface area contributed by atoms with Crippen molar-refractivity contribution in [1.82, 2.24) is 4.98 Å². The maximum absolute atomic E-state index is 5.76. The molecule has 0 radical (unpaired) electrons. The van der Waals surface area contributed by atoms with E-state index in [4.69, 9.17) is 11.6 Å². The summed E-state index contributed by atoms with van der Waals surface area (Å²) in [5.74, 6) is 0. The van der Waals surface area contributed by atoms with E-state index in [9.17, 15) is 0 Å². The van der Waals surface area contributed by atoms with Crippen LogP contribution in [0.5, 0.6) is 0 Å². The van der Waals surface area contributed by atoms with Crippen molar-refractivity contribution in [3.63, 3.8) is 0 Å². The predicted molar refractivity (Wildman–Crippen MR) is 63.9 cm³/mol. The van der Waals surface area contributed by atoms with Crippen LogP contribution in [0.3, 0.4) is 0 Å². The third kappa shape index (κ3) is 3.14. The molecule has 0 aliphatic rings. The van der Waals surface area contributed by atoms with Crippen molar-refractivity contribution in [3.8, 4) is 0 Å². The van der Waals surface area contributed by atoms with E-state index >= 15 is 0 Å². The standard InChI is InChI=1S/C12H10ClN3/c13-10-4-6-11(7-5-10)16-15-9-12-3-1-2-8-14-12/h1-8H,9H2. The highest BCUT2D eigenvalue weighted by atomic mass is 35.5. The van der Waals surface area contributed by atoms with Gasteiger partial charge in [0.1, 0.15) is 6.54 Å². The van der Waals surface area contributed by atoms with Crippen LogP contribution in [0.25, 0.3) is 0 Å². The van der Waals surface area contributed by atoms with E-state index in [0.29, 0.717) is 11.6 Å². The minimum atomic E-state index is 0.490. The molecule has 0 spiro atoms. The van der Waals surface area contributed by atoms with Crippen molar-refractivity contribution in [3.05, 3.63) is 59.4 Å². The molecule has 16 heavy (non-hydrogen) atoms. The summed E-state index contributed by atoms with van der Waals surface area (Å²) in [7, 11) is 0.